The standard InChI is InChI=1S/C21H19N9O7S3/c1-7-23-21-25-9(18(33)34)3-11(30(21)27-7)38-4-8-5-39-17-13(16(32)29(17)14(8)19(35)36)26-15(31)12(28-37-2)10-6-40-20(22)24-10/h3,6,13,17H,4-5H2,1-2H3,(H2,22,24)(H,26,31)(H,33,34)(H,35,36). The summed E-state index contributed by atoms with van der Waals surface area (Å²) in [5, 5.41) is 31.4. The summed E-state index contributed by atoms with van der Waals surface area (Å²) in [7, 11) is 1.25. The first-order valence-electron chi connectivity index (χ1n) is 11.2. The van der Waals surface area contributed by atoms with Gasteiger partial charge in [0.25, 0.3) is 17.6 Å². The summed E-state index contributed by atoms with van der Waals surface area (Å²) in [6.07, 6.45) is 0. The number of thioether (sulfide) groups is 2. The number of β-lactam (4-membered cyclic amide) rings is 1. The van der Waals surface area contributed by atoms with Crippen LogP contribution in [0.25, 0.3) is 5.78 Å². The molecule has 2 aliphatic rings. The molecular weight excluding hydrogens is 586 g/mol. The summed E-state index contributed by atoms with van der Waals surface area (Å²) in [4.78, 5) is 67.8. The number of oxime groups is 1. The highest BCUT2D eigenvalue weighted by atomic mass is 32.2. The van der Waals surface area contributed by atoms with E-state index >= 15 is 0 Å². The fourth-order valence-corrected chi connectivity index (χ4v) is 7.04. The van der Waals surface area contributed by atoms with Crippen molar-refractivity contribution in [3.8, 4) is 0 Å². The molecule has 2 atom stereocenters. The maximum absolute atomic E-state index is 13.1. The Kier molecular flexibility index (Phi) is 7.34. The molecule has 2 amide bonds. The molecule has 2 aliphatic heterocycles. The molecule has 0 aliphatic carbocycles. The number of rotatable bonds is 9. The third-order valence-corrected chi connectivity index (χ3v) is 8.79. The van der Waals surface area contributed by atoms with E-state index in [0.717, 1.165) is 28.0 Å². The number of hydrogen-bond donors (Lipinski definition) is 4. The Morgan fingerprint density at radius 1 is 1.25 bits per heavy atom. The van der Waals surface area contributed by atoms with Gasteiger partial charge in [0.15, 0.2) is 16.5 Å². The first-order chi connectivity index (χ1) is 19.1. The Morgan fingerprint density at radius 3 is 2.67 bits per heavy atom. The monoisotopic (exact) mass is 605 g/mol. The summed E-state index contributed by atoms with van der Waals surface area (Å²) in [6, 6.07) is 0.318. The molecule has 5 rings (SSSR count). The summed E-state index contributed by atoms with van der Waals surface area (Å²) in [6.45, 7) is 1.63. The Morgan fingerprint density at radius 2 is 2.02 bits per heavy atom. The number of carbonyl (C=O) groups is 4. The van der Waals surface area contributed by atoms with Gasteiger partial charge in [0.05, 0.1) is 0 Å². The first-order valence-corrected chi connectivity index (χ1v) is 14.1. The number of aromatic nitrogens is 5. The van der Waals surface area contributed by atoms with Crippen LogP contribution in [0.1, 0.15) is 22.0 Å². The summed E-state index contributed by atoms with van der Waals surface area (Å²) < 4.78 is 1.38. The number of nitrogens with zero attached hydrogens (tertiary/aromatic N) is 7. The molecule has 40 heavy (non-hydrogen) atoms. The van der Waals surface area contributed by atoms with Crippen molar-refractivity contribution in [2.45, 2.75) is 23.4 Å². The SMILES string of the molecule is CON=C(C(=O)NC1C(=O)N2C(C(=O)O)=C(CSc3cc(C(=O)O)nc4nc(C)nn34)CSC12)c1csc(N)n1. The van der Waals surface area contributed by atoms with E-state index in [4.69, 9.17) is 10.6 Å². The maximum atomic E-state index is 13.1. The first kappa shape index (κ1) is 27.3. The van der Waals surface area contributed by atoms with Crippen molar-refractivity contribution >= 4 is 75.2 Å². The second kappa shape index (κ2) is 10.7. The number of nitrogen functional groups attached to an aromatic ring is 1. The van der Waals surface area contributed by atoms with Crippen LogP contribution in [-0.4, -0.2) is 99.2 Å². The molecular formula is C21H19N9O7S3. The summed E-state index contributed by atoms with van der Waals surface area (Å²) in [5.41, 5.74) is 5.65. The lowest BCUT2D eigenvalue weighted by Gasteiger charge is -2.49. The van der Waals surface area contributed by atoms with Crippen molar-refractivity contribution < 1.29 is 34.2 Å². The van der Waals surface area contributed by atoms with Gasteiger partial charge in [-0.1, -0.05) is 5.16 Å². The van der Waals surface area contributed by atoms with Gasteiger partial charge in [-0.2, -0.15) is 9.50 Å². The number of hydrogen-bond acceptors (Lipinski definition) is 14. The quantitative estimate of drug-likeness (QED) is 0.0831. The van der Waals surface area contributed by atoms with Gasteiger partial charge in [0.1, 0.15) is 40.8 Å². The van der Waals surface area contributed by atoms with Gasteiger partial charge >= 0.3 is 11.9 Å². The molecule has 2 unspecified atom stereocenters. The van der Waals surface area contributed by atoms with E-state index in [1.807, 2.05) is 0 Å². The normalized spacial score (nSPS) is 18.9. The number of anilines is 1. The number of thiazole rings is 1. The second-order valence-corrected chi connectivity index (χ2v) is 11.2. The van der Waals surface area contributed by atoms with Gasteiger partial charge in [-0.3, -0.25) is 14.5 Å². The summed E-state index contributed by atoms with van der Waals surface area (Å²) in [5.74, 6) is -3.04. The molecule has 3 aromatic rings. The number of amides is 2. The number of aliphatic carboxylic acids is 1. The molecule has 0 bridgehead atoms. The van der Waals surface area contributed by atoms with Crippen molar-refractivity contribution in [2.24, 2.45) is 5.16 Å². The Labute approximate surface area is 236 Å². The lowest BCUT2D eigenvalue weighted by Crippen LogP contribution is -2.71. The molecule has 5 N–H and O–H groups in total. The van der Waals surface area contributed by atoms with Gasteiger partial charge in [0, 0.05) is 23.0 Å². The number of carboxylic acids is 2. The van der Waals surface area contributed by atoms with Gasteiger partial charge in [-0.05, 0) is 12.5 Å². The number of nitrogens with two attached hydrogens (primary N) is 1. The van der Waals surface area contributed by atoms with E-state index in [-0.39, 0.29) is 45.2 Å². The van der Waals surface area contributed by atoms with Crippen LogP contribution in [-0.2, 0) is 19.2 Å². The smallest absolute Gasteiger partial charge is 0.354 e. The van der Waals surface area contributed by atoms with Gasteiger partial charge in [0.2, 0.25) is 0 Å². The van der Waals surface area contributed by atoms with Crippen LogP contribution in [0.3, 0.4) is 0 Å². The van der Waals surface area contributed by atoms with Crippen molar-refractivity contribution in [1.82, 2.24) is 34.8 Å². The molecule has 3 aromatic heterocycles. The average molecular weight is 606 g/mol. The lowest BCUT2D eigenvalue weighted by molar-refractivity contribution is -0.150. The zero-order valence-electron chi connectivity index (χ0n) is 20.6. The van der Waals surface area contributed by atoms with E-state index in [0.29, 0.717) is 16.4 Å². The summed E-state index contributed by atoms with van der Waals surface area (Å²) >= 11 is 3.52. The largest absolute Gasteiger partial charge is 0.477 e. The van der Waals surface area contributed by atoms with Crippen molar-refractivity contribution in [3.63, 3.8) is 0 Å². The third kappa shape index (κ3) is 4.93. The molecule has 0 spiro atoms. The molecule has 16 nitrogen and oxygen atoms in total. The minimum atomic E-state index is -1.30. The Bertz CT molecular complexity index is 1630. The number of nitrogens with one attached hydrogen (secondary N) is 1. The molecule has 19 heteroatoms. The second-order valence-electron chi connectivity index (χ2n) is 8.26. The zero-order valence-corrected chi connectivity index (χ0v) is 23.0. The van der Waals surface area contributed by atoms with Crippen LogP contribution in [0, 0.1) is 6.92 Å². The van der Waals surface area contributed by atoms with Crippen molar-refractivity contribution in [3.05, 3.63) is 39.9 Å². The van der Waals surface area contributed by atoms with Crippen LogP contribution in [0.4, 0.5) is 5.13 Å². The van der Waals surface area contributed by atoms with Gasteiger partial charge in [-0.25, -0.2) is 19.6 Å². The van der Waals surface area contributed by atoms with E-state index in [9.17, 15) is 29.4 Å². The molecule has 5 heterocycles. The van der Waals surface area contributed by atoms with E-state index < -0.39 is 35.2 Å². The minimum Gasteiger partial charge on any atom is -0.477 e. The fraction of sp³-hybridized carbons (Fsp3) is 0.286. The van der Waals surface area contributed by atoms with Gasteiger partial charge in [-0.15, -0.1) is 40.0 Å². The number of fused-ring (bicyclic) bond motifs is 2. The van der Waals surface area contributed by atoms with Crippen LogP contribution in [0.5, 0.6) is 0 Å². The van der Waals surface area contributed by atoms with E-state index in [1.165, 1.54) is 34.8 Å². The van der Waals surface area contributed by atoms with E-state index in [1.54, 1.807) is 6.92 Å². The minimum absolute atomic E-state index is 0.0960. The molecule has 0 radical (unpaired) electrons. The Hall–Kier alpha value is -4.23. The van der Waals surface area contributed by atoms with Gasteiger partial charge < -0.3 is 26.1 Å². The number of carboxylic acid groups (broad SMARTS) is 2. The Balaban J connectivity index is 1.36. The lowest BCUT2D eigenvalue weighted by atomic mass is 10.0. The van der Waals surface area contributed by atoms with Crippen LogP contribution >= 0.6 is 34.9 Å². The molecule has 1 saturated heterocycles. The molecule has 0 aromatic carbocycles. The predicted octanol–water partition coefficient (Wildman–Crippen LogP) is 0.0510. The molecule has 208 valence electrons. The number of aryl methyl sites for hydroxylation is 1. The van der Waals surface area contributed by atoms with Crippen LogP contribution in [0.2, 0.25) is 0 Å². The van der Waals surface area contributed by atoms with Crippen molar-refractivity contribution in [2.75, 3.05) is 24.3 Å². The molecule has 0 saturated carbocycles. The number of aromatic carboxylic acids is 1. The average Bonchev–Trinajstić information content (AvgIpc) is 3.52. The van der Waals surface area contributed by atoms with Crippen LogP contribution < -0.4 is 11.1 Å². The van der Waals surface area contributed by atoms with Crippen LogP contribution in [0.15, 0.2) is 32.9 Å². The van der Waals surface area contributed by atoms with E-state index in [2.05, 4.69) is 30.5 Å². The van der Waals surface area contributed by atoms with Crippen molar-refractivity contribution in [1.29, 1.82) is 0 Å². The highest BCUT2D eigenvalue weighted by Crippen LogP contribution is 2.41. The zero-order chi connectivity index (χ0) is 28.7. The predicted molar refractivity (Wildman–Crippen MR) is 143 cm³/mol. The highest BCUT2D eigenvalue weighted by molar-refractivity contribution is 8.01. The highest BCUT2D eigenvalue weighted by Gasteiger charge is 2.54. The fourth-order valence-electron chi connectivity index (χ4n) is 4.01. The maximum Gasteiger partial charge on any atom is 0.354 e. The topological polar surface area (TPSA) is 228 Å². The third-order valence-electron chi connectivity index (χ3n) is 5.70. The number of carbonyl (C=O) groups excluding carboxylic acids is 2. The molecule has 1 fully saturated rings.